The molecule has 43 heavy (non-hydrogen) atoms. The van der Waals surface area contributed by atoms with Gasteiger partial charge in [-0.05, 0) is 99.4 Å². The van der Waals surface area contributed by atoms with Gasteiger partial charge in [-0.25, -0.2) is 0 Å². The Labute approximate surface area is 258 Å². The zero-order valence-corrected chi connectivity index (χ0v) is 26.6. The lowest BCUT2D eigenvalue weighted by Crippen LogP contribution is -2.69. The Morgan fingerprint density at radius 2 is 1.81 bits per heavy atom. The number of amides is 1. The lowest BCUT2D eigenvalue weighted by Gasteiger charge is -2.60. The van der Waals surface area contributed by atoms with Crippen LogP contribution in [0.15, 0.2) is 54.6 Å². The van der Waals surface area contributed by atoms with Gasteiger partial charge >= 0.3 is 5.97 Å². The van der Waals surface area contributed by atoms with Crippen molar-refractivity contribution in [2.24, 2.45) is 11.8 Å². The van der Waals surface area contributed by atoms with E-state index >= 15 is 0 Å². The molecule has 3 aliphatic rings. The van der Waals surface area contributed by atoms with Crippen molar-refractivity contribution >= 4 is 11.9 Å². The number of aryl methyl sites for hydroxylation is 1. The van der Waals surface area contributed by atoms with Gasteiger partial charge in [0.05, 0.1) is 0 Å². The van der Waals surface area contributed by atoms with Gasteiger partial charge in [-0.15, -0.1) is 0 Å². The number of hydrogen-bond donors (Lipinski definition) is 1. The highest BCUT2D eigenvalue weighted by atomic mass is 16.6. The number of aromatic hydroxyl groups is 1. The van der Waals surface area contributed by atoms with Crippen LogP contribution in [0.1, 0.15) is 96.1 Å². The summed E-state index contributed by atoms with van der Waals surface area (Å²) in [5.41, 5.74) is 1.24. The highest BCUT2D eigenvalue weighted by Crippen LogP contribution is 2.55. The first-order chi connectivity index (χ1) is 20.7. The average Bonchev–Trinajstić information content (AvgIpc) is 3.79. The molecule has 0 aromatic heterocycles. The van der Waals surface area contributed by atoms with Crippen LogP contribution in [0.4, 0.5) is 0 Å². The van der Waals surface area contributed by atoms with Gasteiger partial charge in [0.1, 0.15) is 11.4 Å². The number of phenolic OH excluding ortho intramolecular Hbond substituents is 1. The third-order valence-corrected chi connectivity index (χ3v) is 10.1. The van der Waals surface area contributed by atoms with E-state index in [1.807, 2.05) is 12.1 Å². The summed E-state index contributed by atoms with van der Waals surface area (Å²) in [6.45, 7) is 9.34. The van der Waals surface area contributed by atoms with E-state index in [9.17, 15) is 14.7 Å². The fourth-order valence-corrected chi connectivity index (χ4v) is 7.97. The molecule has 3 atom stereocenters. The van der Waals surface area contributed by atoms with E-state index in [0.29, 0.717) is 25.3 Å². The molecule has 0 unspecified atom stereocenters. The zero-order chi connectivity index (χ0) is 30.5. The molecule has 1 saturated heterocycles. The minimum absolute atomic E-state index is 0.0697. The van der Waals surface area contributed by atoms with Gasteiger partial charge in [0.25, 0.3) is 0 Å². The van der Waals surface area contributed by atoms with Gasteiger partial charge in [-0.1, -0.05) is 62.7 Å². The van der Waals surface area contributed by atoms with E-state index in [1.54, 1.807) is 6.07 Å². The standard InChI is InChI=1S/C37H52N2O4/c1-28(2)25-39(35(42)16-9-5-8-13-30-11-6-4-7-12-30)33-19-20-37(43-29(3)40)27-38(26-31-17-18-31)22-21-36(37,24-33)32-14-10-15-34(41)23-32/h4,6-7,10-12,14-15,23,28,31,33,41H,5,8-9,13,16-22,24-27H2,1-3H3/t33-,36-,37-/m0/s1. The number of carbonyl (C=O) groups excluding carboxylic acids is 2. The quantitative estimate of drug-likeness (QED) is 0.204. The molecule has 2 aromatic rings. The number of phenols is 1. The maximum Gasteiger partial charge on any atom is 0.303 e. The first-order valence-electron chi connectivity index (χ1n) is 16.7. The molecule has 1 heterocycles. The van der Waals surface area contributed by atoms with Crippen molar-refractivity contribution in [3.63, 3.8) is 0 Å². The minimum Gasteiger partial charge on any atom is -0.508 e. The maximum absolute atomic E-state index is 13.9. The first kappa shape index (κ1) is 31.6. The highest BCUT2D eigenvalue weighted by molar-refractivity contribution is 5.76. The number of esters is 1. The molecule has 2 aliphatic carbocycles. The van der Waals surface area contributed by atoms with Crippen LogP contribution in [0.2, 0.25) is 0 Å². The van der Waals surface area contributed by atoms with Gasteiger partial charge in [-0.3, -0.25) is 14.5 Å². The number of piperidine rings is 1. The second-order valence-electron chi connectivity index (χ2n) is 14.0. The van der Waals surface area contributed by atoms with Crippen molar-refractivity contribution in [2.75, 3.05) is 26.2 Å². The van der Waals surface area contributed by atoms with E-state index in [1.165, 1.54) is 25.3 Å². The molecule has 3 fully saturated rings. The number of nitrogens with zero attached hydrogens (tertiary/aromatic N) is 2. The van der Waals surface area contributed by atoms with Crippen LogP contribution in [-0.4, -0.2) is 64.6 Å². The normalized spacial score (nSPS) is 25.7. The highest BCUT2D eigenvalue weighted by Gasteiger charge is 2.61. The Morgan fingerprint density at radius 3 is 2.51 bits per heavy atom. The fourth-order valence-electron chi connectivity index (χ4n) is 7.97. The summed E-state index contributed by atoms with van der Waals surface area (Å²) in [6, 6.07) is 18.2. The molecule has 1 N–H and O–H groups in total. The third kappa shape index (κ3) is 7.63. The summed E-state index contributed by atoms with van der Waals surface area (Å²) < 4.78 is 6.44. The zero-order valence-electron chi connectivity index (χ0n) is 26.6. The summed E-state index contributed by atoms with van der Waals surface area (Å²) >= 11 is 0. The summed E-state index contributed by atoms with van der Waals surface area (Å²) in [4.78, 5) is 31.3. The number of unbranched alkanes of at least 4 members (excludes halogenated alkanes) is 2. The Kier molecular flexibility index (Phi) is 10.2. The van der Waals surface area contributed by atoms with Crippen LogP contribution in [-0.2, 0) is 26.2 Å². The molecule has 6 nitrogen and oxygen atoms in total. The smallest absolute Gasteiger partial charge is 0.303 e. The predicted octanol–water partition coefficient (Wildman–Crippen LogP) is 6.89. The molecule has 0 radical (unpaired) electrons. The molecule has 6 heteroatoms. The summed E-state index contributed by atoms with van der Waals surface area (Å²) in [5.74, 6) is 1.35. The number of hydrogen-bond acceptors (Lipinski definition) is 5. The molecular formula is C37H52N2O4. The molecule has 1 aliphatic heterocycles. The van der Waals surface area contributed by atoms with Crippen LogP contribution >= 0.6 is 0 Å². The van der Waals surface area contributed by atoms with Crippen molar-refractivity contribution in [1.82, 2.24) is 9.80 Å². The van der Waals surface area contributed by atoms with Gasteiger partial charge in [0.2, 0.25) is 5.91 Å². The van der Waals surface area contributed by atoms with Crippen LogP contribution in [0.3, 0.4) is 0 Å². The lowest BCUT2D eigenvalue weighted by molar-refractivity contribution is -0.190. The largest absolute Gasteiger partial charge is 0.508 e. The van der Waals surface area contributed by atoms with Crippen molar-refractivity contribution in [3.05, 3.63) is 65.7 Å². The maximum atomic E-state index is 13.9. The van der Waals surface area contributed by atoms with Crippen LogP contribution in [0.5, 0.6) is 5.75 Å². The molecule has 2 aromatic carbocycles. The Morgan fingerprint density at radius 1 is 1.02 bits per heavy atom. The minimum atomic E-state index is -0.680. The van der Waals surface area contributed by atoms with Crippen LogP contribution in [0.25, 0.3) is 0 Å². The molecule has 5 rings (SSSR count). The van der Waals surface area contributed by atoms with E-state index < -0.39 is 11.0 Å². The van der Waals surface area contributed by atoms with Crippen molar-refractivity contribution < 1.29 is 19.4 Å². The van der Waals surface area contributed by atoms with E-state index in [4.69, 9.17) is 4.74 Å². The summed E-state index contributed by atoms with van der Waals surface area (Å²) in [5, 5.41) is 10.6. The number of fused-ring (bicyclic) bond motifs is 1. The number of likely N-dealkylation sites (tertiary alicyclic amines) is 1. The summed E-state index contributed by atoms with van der Waals surface area (Å²) in [6.07, 6.45) is 10.3. The molecule has 2 saturated carbocycles. The summed E-state index contributed by atoms with van der Waals surface area (Å²) in [7, 11) is 0. The van der Waals surface area contributed by atoms with E-state index in [2.05, 4.69) is 60.0 Å². The molecular weight excluding hydrogens is 536 g/mol. The monoisotopic (exact) mass is 588 g/mol. The third-order valence-electron chi connectivity index (χ3n) is 10.1. The number of rotatable bonds is 13. The van der Waals surface area contributed by atoms with E-state index in [0.717, 1.165) is 76.1 Å². The molecule has 0 spiro atoms. The Balaban J connectivity index is 1.36. The Bertz CT molecular complexity index is 1230. The van der Waals surface area contributed by atoms with Crippen molar-refractivity contribution in [2.45, 2.75) is 108 Å². The SMILES string of the molecule is CC(=O)O[C@]12CC[C@H](N(CC(C)C)C(=O)CCCCCc3ccccc3)C[C@]1(c1cccc(O)c1)CCN(CC1CC1)C2. The van der Waals surface area contributed by atoms with Gasteiger partial charge in [-0.2, -0.15) is 0 Å². The molecule has 234 valence electrons. The molecule has 1 amide bonds. The van der Waals surface area contributed by atoms with Crippen LogP contribution in [0, 0.1) is 11.8 Å². The van der Waals surface area contributed by atoms with Gasteiger partial charge in [0.15, 0.2) is 0 Å². The van der Waals surface area contributed by atoms with Crippen molar-refractivity contribution in [3.8, 4) is 5.75 Å². The van der Waals surface area contributed by atoms with Crippen LogP contribution < -0.4 is 0 Å². The first-order valence-corrected chi connectivity index (χ1v) is 16.7. The lowest BCUT2D eigenvalue weighted by atomic mass is 9.54. The van der Waals surface area contributed by atoms with E-state index in [-0.39, 0.29) is 23.7 Å². The number of carbonyl (C=O) groups is 2. The van der Waals surface area contributed by atoms with Gasteiger partial charge in [0, 0.05) is 44.4 Å². The van der Waals surface area contributed by atoms with Crippen molar-refractivity contribution in [1.29, 1.82) is 0 Å². The number of ether oxygens (including phenoxy) is 1. The molecule has 0 bridgehead atoms. The topological polar surface area (TPSA) is 70.1 Å². The fraction of sp³-hybridized carbons (Fsp3) is 0.622. The number of benzene rings is 2. The second kappa shape index (κ2) is 13.8. The predicted molar refractivity (Wildman–Crippen MR) is 171 cm³/mol. The Hall–Kier alpha value is -2.86. The van der Waals surface area contributed by atoms with Gasteiger partial charge < -0.3 is 14.7 Å². The average molecular weight is 589 g/mol. The second-order valence-corrected chi connectivity index (χ2v) is 14.0.